The quantitative estimate of drug-likeness (QED) is 0.452. The highest BCUT2D eigenvalue weighted by Gasteiger charge is 2.10. The van der Waals surface area contributed by atoms with Crippen molar-refractivity contribution in [1.82, 2.24) is 9.97 Å². The van der Waals surface area contributed by atoms with Gasteiger partial charge in [0.15, 0.2) is 0 Å². The minimum absolute atomic E-state index is 0.114. The molecule has 3 aromatic rings. The first-order valence-electron chi connectivity index (χ1n) is 9.06. The van der Waals surface area contributed by atoms with E-state index in [1.807, 2.05) is 6.07 Å². The van der Waals surface area contributed by atoms with Gasteiger partial charge in [0.1, 0.15) is 23.0 Å². The Balaban J connectivity index is 0.000000245. The zero-order chi connectivity index (χ0) is 22.6. The molecule has 0 atom stereocenters. The Morgan fingerprint density at radius 2 is 1.48 bits per heavy atom. The second-order valence-electron chi connectivity index (χ2n) is 6.02. The van der Waals surface area contributed by atoms with Gasteiger partial charge in [0.25, 0.3) is 0 Å². The van der Waals surface area contributed by atoms with Gasteiger partial charge in [-0.2, -0.15) is 0 Å². The first-order chi connectivity index (χ1) is 14.9. The molecule has 0 saturated heterocycles. The maximum Gasteiger partial charge on any atom is 0.310 e. The van der Waals surface area contributed by atoms with Gasteiger partial charge >= 0.3 is 11.9 Å². The maximum atomic E-state index is 11.3. The third kappa shape index (κ3) is 7.94. The normalized spacial score (nSPS) is 9.77. The molecule has 0 aliphatic carbocycles. The molecule has 0 aliphatic heterocycles. The number of carbonyl (C=O) groups excluding carboxylic acids is 2. The van der Waals surface area contributed by atoms with E-state index in [0.29, 0.717) is 22.8 Å². The Labute approximate surface area is 184 Å². The van der Waals surface area contributed by atoms with Crippen molar-refractivity contribution in [3.8, 4) is 17.4 Å². The van der Waals surface area contributed by atoms with Crippen molar-refractivity contribution in [2.24, 2.45) is 0 Å². The fraction of sp³-hybridized carbons (Fsp3) is 0.182. The average molecular weight is 445 g/mol. The third-order valence-corrected chi connectivity index (χ3v) is 4.12. The van der Waals surface area contributed by atoms with Gasteiger partial charge in [0.2, 0.25) is 5.88 Å². The monoisotopic (exact) mass is 444 g/mol. The lowest BCUT2D eigenvalue weighted by molar-refractivity contribution is -0.140. The summed E-state index contributed by atoms with van der Waals surface area (Å²) in [5.41, 5.74) is 1.30. The molecule has 0 amide bonds. The van der Waals surface area contributed by atoms with Gasteiger partial charge in [-0.15, -0.1) is 0 Å². The van der Waals surface area contributed by atoms with Gasteiger partial charge in [-0.25, -0.2) is 9.97 Å². The molecule has 1 heterocycles. The number of benzene rings is 2. The van der Waals surface area contributed by atoms with Crippen LogP contribution in [0.4, 0.5) is 0 Å². The molecule has 1 N–H and O–H groups in total. The molecule has 2 aromatic carbocycles. The van der Waals surface area contributed by atoms with Gasteiger partial charge in [0.05, 0.1) is 27.1 Å². The molecule has 0 aliphatic rings. The molecule has 31 heavy (non-hydrogen) atoms. The van der Waals surface area contributed by atoms with Crippen LogP contribution >= 0.6 is 11.6 Å². The number of para-hydroxylation sites is 2. The molecule has 162 valence electrons. The number of carbonyl (C=O) groups is 2. The van der Waals surface area contributed by atoms with E-state index in [2.05, 4.69) is 19.4 Å². The van der Waals surface area contributed by atoms with Gasteiger partial charge in [-0.3, -0.25) is 9.59 Å². The minimum atomic E-state index is -0.350. The van der Waals surface area contributed by atoms with Crippen molar-refractivity contribution in [2.45, 2.75) is 12.8 Å². The van der Waals surface area contributed by atoms with E-state index < -0.39 is 0 Å². The molecule has 0 bridgehead atoms. The summed E-state index contributed by atoms with van der Waals surface area (Å²) in [6, 6.07) is 15.3. The number of halogens is 1. The zero-order valence-electron chi connectivity index (χ0n) is 16.9. The zero-order valence-corrected chi connectivity index (χ0v) is 17.7. The Hall–Kier alpha value is -3.65. The molecule has 0 fully saturated rings. The molecule has 0 unspecified atom stereocenters. The lowest BCUT2D eigenvalue weighted by Gasteiger charge is -2.09. The summed E-state index contributed by atoms with van der Waals surface area (Å²) in [4.78, 5) is 29.8. The highest BCUT2D eigenvalue weighted by molar-refractivity contribution is 6.29. The largest absolute Gasteiger partial charge is 0.508 e. The van der Waals surface area contributed by atoms with Crippen molar-refractivity contribution in [3.05, 3.63) is 77.2 Å². The predicted molar refractivity (Wildman–Crippen MR) is 113 cm³/mol. The Bertz CT molecular complexity index is 1030. The SMILES string of the molecule is COC(=O)Cc1ccccc1O.COC(=O)Cc1ccccc1Oc1cc(Cl)ncn1. The summed E-state index contributed by atoms with van der Waals surface area (Å²) >= 11 is 5.75. The molecule has 0 saturated carbocycles. The van der Waals surface area contributed by atoms with Gasteiger partial charge in [-0.05, 0) is 12.1 Å². The summed E-state index contributed by atoms with van der Waals surface area (Å²) in [6.07, 6.45) is 1.55. The van der Waals surface area contributed by atoms with Crippen molar-refractivity contribution in [3.63, 3.8) is 0 Å². The van der Waals surface area contributed by atoms with Crippen molar-refractivity contribution in [1.29, 1.82) is 0 Å². The molecule has 0 radical (unpaired) electrons. The van der Waals surface area contributed by atoms with Crippen LogP contribution < -0.4 is 4.74 Å². The number of esters is 2. The maximum absolute atomic E-state index is 11.3. The Morgan fingerprint density at radius 3 is 2.10 bits per heavy atom. The van der Waals surface area contributed by atoms with Crippen LogP contribution in [-0.4, -0.2) is 41.2 Å². The number of hydrogen-bond acceptors (Lipinski definition) is 8. The molecule has 3 rings (SSSR count). The number of phenols is 1. The highest BCUT2D eigenvalue weighted by Crippen LogP contribution is 2.25. The fourth-order valence-corrected chi connectivity index (χ4v) is 2.49. The van der Waals surface area contributed by atoms with Crippen LogP contribution in [0.25, 0.3) is 0 Å². The summed E-state index contributed by atoms with van der Waals surface area (Å²) in [5, 5.41) is 9.53. The number of nitrogens with zero attached hydrogens (tertiary/aromatic N) is 2. The van der Waals surface area contributed by atoms with E-state index in [4.69, 9.17) is 16.3 Å². The smallest absolute Gasteiger partial charge is 0.310 e. The summed E-state index contributed by atoms with van der Waals surface area (Å²) in [5.74, 6) is 0.288. The highest BCUT2D eigenvalue weighted by atomic mass is 35.5. The van der Waals surface area contributed by atoms with Crippen molar-refractivity contribution >= 4 is 23.5 Å². The summed E-state index contributed by atoms with van der Waals surface area (Å²) < 4.78 is 14.7. The molecule has 9 heteroatoms. The number of aromatic hydroxyl groups is 1. The lowest BCUT2D eigenvalue weighted by Crippen LogP contribution is -2.05. The van der Waals surface area contributed by atoms with Crippen LogP contribution in [-0.2, 0) is 31.9 Å². The van der Waals surface area contributed by atoms with Crippen LogP contribution in [0.5, 0.6) is 17.4 Å². The summed E-state index contributed by atoms with van der Waals surface area (Å²) in [6.45, 7) is 0. The molecule has 1 aromatic heterocycles. The Morgan fingerprint density at radius 1 is 0.903 bits per heavy atom. The number of methoxy groups -OCH3 is 2. The van der Waals surface area contributed by atoms with E-state index in [1.54, 1.807) is 36.4 Å². The number of phenolic OH excluding ortho intramolecular Hbond substituents is 1. The fourth-order valence-electron chi connectivity index (χ4n) is 2.35. The van der Waals surface area contributed by atoms with Crippen LogP contribution in [0.3, 0.4) is 0 Å². The number of rotatable bonds is 6. The number of ether oxygens (including phenoxy) is 3. The second kappa shape index (κ2) is 12.1. The first-order valence-corrected chi connectivity index (χ1v) is 9.44. The molecule has 0 spiro atoms. The predicted octanol–water partition coefficient (Wildman–Crippen LogP) is 3.75. The third-order valence-electron chi connectivity index (χ3n) is 3.91. The Kier molecular flexibility index (Phi) is 9.25. The first kappa shape index (κ1) is 23.6. The van der Waals surface area contributed by atoms with Gasteiger partial charge in [-0.1, -0.05) is 48.0 Å². The second-order valence-corrected chi connectivity index (χ2v) is 6.41. The standard InChI is InChI=1S/C13H11ClN2O3.C9H10O3/c1-18-13(17)6-9-4-2-3-5-10(9)19-12-7-11(14)15-8-16-12;1-12-9(11)6-7-4-2-3-5-8(7)10/h2-5,7-8H,6H2,1H3;2-5,10H,6H2,1H3. The van der Waals surface area contributed by atoms with E-state index in [-0.39, 0.29) is 35.7 Å². The lowest BCUT2D eigenvalue weighted by atomic mass is 10.1. The van der Waals surface area contributed by atoms with Gasteiger partial charge in [0, 0.05) is 17.2 Å². The summed E-state index contributed by atoms with van der Waals surface area (Å²) in [7, 11) is 2.66. The number of hydrogen-bond donors (Lipinski definition) is 1. The van der Waals surface area contributed by atoms with Crippen LogP contribution in [0.2, 0.25) is 5.15 Å². The molecular formula is C22H21ClN2O6. The van der Waals surface area contributed by atoms with Crippen LogP contribution in [0.1, 0.15) is 11.1 Å². The number of aromatic nitrogens is 2. The van der Waals surface area contributed by atoms with E-state index in [1.165, 1.54) is 32.7 Å². The van der Waals surface area contributed by atoms with Crippen molar-refractivity contribution < 1.29 is 28.9 Å². The minimum Gasteiger partial charge on any atom is -0.508 e. The van der Waals surface area contributed by atoms with E-state index in [9.17, 15) is 14.7 Å². The van der Waals surface area contributed by atoms with Gasteiger partial charge < -0.3 is 19.3 Å². The van der Waals surface area contributed by atoms with Crippen LogP contribution in [0, 0.1) is 0 Å². The van der Waals surface area contributed by atoms with Crippen LogP contribution in [0.15, 0.2) is 60.9 Å². The van der Waals surface area contributed by atoms with E-state index >= 15 is 0 Å². The molecule has 8 nitrogen and oxygen atoms in total. The van der Waals surface area contributed by atoms with E-state index in [0.717, 1.165) is 0 Å². The average Bonchev–Trinajstić information content (AvgIpc) is 2.77. The van der Waals surface area contributed by atoms with Crippen molar-refractivity contribution in [2.75, 3.05) is 14.2 Å². The molecular weight excluding hydrogens is 424 g/mol. The topological polar surface area (TPSA) is 108 Å².